The Morgan fingerprint density at radius 3 is 2.93 bits per heavy atom. The Balaban J connectivity index is 1.97. The Morgan fingerprint density at radius 1 is 1.40 bits per heavy atom. The lowest BCUT2D eigenvalue weighted by Gasteiger charge is -2.24. The second kappa shape index (κ2) is 8.54. The molecule has 1 aliphatic rings. The van der Waals surface area contributed by atoms with Crippen molar-refractivity contribution < 1.29 is 9.47 Å². The van der Waals surface area contributed by atoms with Gasteiger partial charge in [-0.05, 0) is 38.0 Å². The van der Waals surface area contributed by atoms with Crippen LogP contribution in [0.3, 0.4) is 0 Å². The minimum absolute atomic E-state index is 0.0809. The van der Waals surface area contributed by atoms with Crippen LogP contribution in [0.5, 0.6) is 0 Å². The molecule has 1 saturated heterocycles. The molecule has 0 aromatic heterocycles. The van der Waals surface area contributed by atoms with Gasteiger partial charge in [0.2, 0.25) is 0 Å². The number of rotatable bonds is 7. The number of hydrogen-bond donors (Lipinski definition) is 0. The molecular formula is C12H23BrO2. The topological polar surface area (TPSA) is 18.5 Å². The van der Waals surface area contributed by atoms with Gasteiger partial charge in [0.1, 0.15) is 0 Å². The number of ether oxygens (including phenoxy) is 2. The van der Waals surface area contributed by atoms with Gasteiger partial charge in [-0.1, -0.05) is 29.3 Å². The van der Waals surface area contributed by atoms with Gasteiger partial charge < -0.3 is 9.47 Å². The molecule has 3 heteroatoms. The summed E-state index contributed by atoms with van der Waals surface area (Å²) >= 11 is 3.45. The highest BCUT2D eigenvalue weighted by atomic mass is 79.9. The molecule has 0 amide bonds. The highest BCUT2D eigenvalue weighted by molar-refractivity contribution is 9.09. The maximum Gasteiger partial charge on any atom is 0.157 e. The van der Waals surface area contributed by atoms with Gasteiger partial charge >= 0.3 is 0 Å². The first-order valence-corrected chi connectivity index (χ1v) is 7.24. The maximum absolute atomic E-state index is 5.74. The summed E-state index contributed by atoms with van der Waals surface area (Å²) in [6.45, 7) is 3.99. The summed E-state index contributed by atoms with van der Waals surface area (Å²) < 4.78 is 11.3. The van der Waals surface area contributed by atoms with E-state index in [1.165, 1.54) is 32.1 Å². The molecule has 2 nitrogen and oxygen atoms in total. The molecule has 0 saturated carbocycles. The number of unbranched alkanes of at least 4 members (excludes halogenated alkanes) is 1. The van der Waals surface area contributed by atoms with Crippen molar-refractivity contribution in [3.63, 3.8) is 0 Å². The van der Waals surface area contributed by atoms with Crippen molar-refractivity contribution in [2.45, 2.75) is 51.7 Å². The van der Waals surface area contributed by atoms with Gasteiger partial charge in [-0.15, -0.1) is 0 Å². The van der Waals surface area contributed by atoms with Gasteiger partial charge in [0.25, 0.3) is 0 Å². The lowest BCUT2D eigenvalue weighted by atomic mass is 10.1. The Morgan fingerprint density at radius 2 is 2.27 bits per heavy atom. The van der Waals surface area contributed by atoms with Crippen LogP contribution in [-0.2, 0) is 9.47 Å². The normalized spacial score (nSPS) is 24.0. The van der Waals surface area contributed by atoms with E-state index in [2.05, 4.69) is 22.9 Å². The van der Waals surface area contributed by atoms with Crippen LogP contribution in [0.4, 0.5) is 0 Å². The third-order valence-corrected chi connectivity index (χ3v) is 3.35. The van der Waals surface area contributed by atoms with Crippen LogP contribution in [0.1, 0.15) is 45.4 Å². The van der Waals surface area contributed by atoms with Gasteiger partial charge in [0.05, 0.1) is 6.61 Å². The second-order valence-electron chi connectivity index (χ2n) is 4.42. The molecule has 0 N–H and O–H groups in total. The summed E-state index contributed by atoms with van der Waals surface area (Å²) in [7, 11) is 0. The van der Waals surface area contributed by atoms with Crippen LogP contribution in [0.2, 0.25) is 0 Å². The zero-order valence-electron chi connectivity index (χ0n) is 9.71. The highest BCUT2D eigenvalue weighted by Gasteiger charge is 2.14. The quantitative estimate of drug-likeness (QED) is 0.522. The standard InChI is InChI=1S/C12H23BrO2/c1-11(6-2-4-8-13)10-15-12-7-3-5-9-14-12/h11-12H,2-10H2,1H3. The molecule has 90 valence electrons. The van der Waals surface area contributed by atoms with E-state index in [-0.39, 0.29) is 6.29 Å². The van der Waals surface area contributed by atoms with E-state index >= 15 is 0 Å². The number of alkyl halides is 1. The van der Waals surface area contributed by atoms with Crippen LogP contribution in [0.15, 0.2) is 0 Å². The fourth-order valence-corrected chi connectivity index (χ4v) is 2.18. The van der Waals surface area contributed by atoms with E-state index in [9.17, 15) is 0 Å². The SMILES string of the molecule is CC(CCCCBr)COC1CCCCO1. The fourth-order valence-electron chi connectivity index (χ4n) is 1.78. The first-order chi connectivity index (χ1) is 7.33. The lowest BCUT2D eigenvalue weighted by Crippen LogP contribution is -2.24. The van der Waals surface area contributed by atoms with Crippen LogP contribution in [0.25, 0.3) is 0 Å². The first kappa shape index (κ1) is 13.5. The molecule has 0 aliphatic carbocycles. The number of halogens is 1. The van der Waals surface area contributed by atoms with E-state index in [4.69, 9.17) is 9.47 Å². The van der Waals surface area contributed by atoms with Gasteiger partial charge in [-0.25, -0.2) is 0 Å². The van der Waals surface area contributed by atoms with Crippen LogP contribution < -0.4 is 0 Å². The summed E-state index contributed by atoms with van der Waals surface area (Å²) in [6.07, 6.45) is 7.43. The maximum atomic E-state index is 5.74. The number of hydrogen-bond acceptors (Lipinski definition) is 2. The predicted molar refractivity (Wildman–Crippen MR) is 66.4 cm³/mol. The van der Waals surface area contributed by atoms with Crippen molar-refractivity contribution >= 4 is 15.9 Å². The third kappa shape index (κ3) is 6.54. The summed E-state index contributed by atoms with van der Waals surface area (Å²) in [4.78, 5) is 0. The average molecular weight is 279 g/mol. The zero-order chi connectivity index (χ0) is 10.9. The van der Waals surface area contributed by atoms with Crippen molar-refractivity contribution in [3.8, 4) is 0 Å². The lowest BCUT2D eigenvalue weighted by molar-refractivity contribution is -0.168. The van der Waals surface area contributed by atoms with Crippen molar-refractivity contribution in [2.24, 2.45) is 5.92 Å². The molecule has 0 bridgehead atoms. The molecule has 15 heavy (non-hydrogen) atoms. The van der Waals surface area contributed by atoms with E-state index < -0.39 is 0 Å². The summed E-state index contributed by atoms with van der Waals surface area (Å²) in [5.74, 6) is 0.662. The predicted octanol–water partition coefficient (Wildman–Crippen LogP) is 3.73. The molecule has 1 rings (SSSR count). The fraction of sp³-hybridized carbons (Fsp3) is 1.00. The molecule has 1 aliphatic heterocycles. The molecule has 1 heterocycles. The van der Waals surface area contributed by atoms with Crippen molar-refractivity contribution in [3.05, 3.63) is 0 Å². The van der Waals surface area contributed by atoms with E-state index in [0.29, 0.717) is 5.92 Å². The molecule has 1 fully saturated rings. The van der Waals surface area contributed by atoms with Gasteiger partial charge in [0, 0.05) is 11.9 Å². The second-order valence-corrected chi connectivity index (χ2v) is 5.21. The van der Waals surface area contributed by atoms with Crippen molar-refractivity contribution in [2.75, 3.05) is 18.5 Å². The zero-order valence-corrected chi connectivity index (χ0v) is 11.3. The van der Waals surface area contributed by atoms with Crippen molar-refractivity contribution in [1.82, 2.24) is 0 Å². The Labute approximate surface area is 102 Å². The third-order valence-electron chi connectivity index (χ3n) is 2.79. The summed E-state index contributed by atoms with van der Waals surface area (Å²) in [5, 5.41) is 1.12. The monoisotopic (exact) mass is 278 g/mol. The highest BCUT2D eigenvalue weighted by Crippen LogP contribution is 2.16. The average Bonchev–Trinajstić information content (AvgIpc) is 2.28. The van der Waals surface area contributed by atoms with Crippen LogP contribution in [0, 0.1) is 5.92 Å². The molecule has 0 radical (unpaired) electrons. The Hall–Kier alpha value is 0.400. The van der Waals surface area contributed by atoms with Crippen LogP contribution >= 0.6 is 15.9 Å². The van der Waals surface area contributed by atoms with E-state index in [1.54, 1.807) is 0 Å². The minimum Gasteiger partial charge on any atom is -0.353 e. The summed E-state index contributed by atoms with van der Waals surface area (Å²) in [5.41, 5.74) is 0. The molecule has 2 atom stereocenters. The van der Waals surface area contributed by atoms with Gasteiger partial charge in [-0.2, -0.15) is 0 Å². The van der Waals surface area contributed by atoms with E-state index in [0.717, 1.165) is 25.0 Å². The van der Waals surface area contributed by atoms with Gasteiger partial charge in [0.15, 0.2) is 6.29 Å². The molecule has 0 aromatic rings. The largest absolute Gasteiger partial charge is 0.353 e. The smallest absolute Gasteiger partial charge is 0.157 e. The van der Waals surface area contributed by atoms with E-state index in [1.807, 2.05) is 0 Å². The molecule has 0 spiro atoms. The van der Waals surface area contributed by atoms with Crippen molar-refractivity contribution in [1.29, 1.82) is 0 Å². The first-order valence-electron chi connectivity index (χ1n) is 6.12. The Kier molecular flexibility index (Phi) is 7.67. The molecular weight excluding hydrogens is 256 g/mol. The summed E-state index contributed by atoms with van der Waals surface area (Å²) in [6, 6.07) is 0. The molecule has 2 unspecified atom stereocenters. The minimum atomic E-state index is 0.0809. The Bertz CT molecular complexity index is 147. The molecule has 0 aromatic carbocycles. The van der Waals surface area contributed by atoms with Crippen LogP contribution in [-0.4, -0.2) is 24.8 Å². The van der Waals surface area contributed by atoms with Gasteiger partial charge in [-0.3, -0.25) is 0 Å².